The Morgan fingerprint density at radius 2 is 1.72 bits per heavy atom. The first kappa shape index (κ1) is 20.5. The third-order valence-corrected chi connectivity index (χ3v) is 7.29. The van der Waals surface area contributed by atoms with Gasteiger partial charge in [0.05, 0.1) is 31.7 Å². The molecule has 0 aliphatic carbocycles. The number of hydrogen-bond acceptors (Lipinski definition) is 5. The van der Waals surface area contributed by atoms with Crippen molar-refractivity contribution >= 4 is 31.8 Å². The highest BCUT2D eigenvalue weighted by Crippen LogP contribution is 2.29. The first-order chi connectivity index (χ1) is 15.5. The van der Waals surface area contributed by atoms with Gasteiger partial charge in [0.1, 0.15) is 10.7 Å². The molecule has 0 radical (unpaired) electrons. The van der Waals surface area contributed by atoms with E-state index in [-0.39, 0.29) is 24.5 Å². The summed E-state index contributed by atoms with van der Waals surface area (Å²) in [6, 6.07) is 19.4. The van der Waals surface area contributed by atoms with Crippen molar-refractivity contribution in [1.29, 1.82) is 0 Å². The summed E-state index contributed by atoms with van der Waals surface area (Å²) in [5.41, 5.74) is 1.98. The smallest absolute Gasteiger partial charge is 0.246 e. The summed E-state index contributed by atoms with van der Waals surface area (Å²) in [5, 5.41) is 19.5. The molecule has 3 aromatic heterocycles. The van der Waals surface area contributed by atoms with Gasteiger partial charge >= 0.3 is 0 Å². The molecular weight excluding hydrogens is 428 g/mol. The van der Waals surface area contributed by atoms with Crippen LogP contribution in [-0.4, -0.2) is 45.2 Å². The van der Waals surface area contributed by atoms with Crippen LogP contribution in [0.2, 0.25) is 0 Å². The molecule has 0 saturated heterocycles. The van der Waals surface area contributed by atoms with E-state index in [4.69, 9.17) is 4.42 Å². The number of hydrogen-bond donors (Lipinski definition) is 2. The molecule has 0 fully saturated rings. The van der Waals surface area contributed by atoms with Gasteiger partial charge in [0.2, 0.25) is 10.0 Å². The average molecular weight is 451 g/mol. The van der Waals surface area contributed by atoms with Crippen LogP contribution in [0.4, 0.5) is 0 Å². The number of aromatic nitrogens is 3. The predicted octanol–water partition coefficient (Wildman–Crippen LogP) is 3.36. The van der Waals surface area contributed by atoms with Crippen LogP contribution < -0.4 is 0 Å². The monoisotopic (exact) mass is 450 g/mol. The molecule has 0 aliphatic heterocycles. The lowest BCUT2D eigenvalue weighted by Crippen LogP contribution is -2.38. The fourth-order valence-corrected chi connectivity index (χ4v) is 5.41. The molecule has 0 amide bonds. The number of aliphatic hydroxyl groups is 1. The van der Waals surface area contributed by atoms with Crippen molar-refractivity contribution < 1.29 is 17.9 Å². The van der Waals surface area contributed by atoms with E-state index in [1.165, 1.54) is 23.0 Å². The molecule has 1 atom stereocenters. The van der Waals surface area contributed by atoms with Gasteiger partial charge in [-0.25, -0.2) is 8.42 Å². The molecule has 0 bridgehead atoms. The van der Waals surface area contributed by atoms with E-state index in [0.717, 1.165) is 21.8 Å². The van der Waals surface area contributed by atoms with Crippen LogP contribution in [-0.2, 0) is 23.1 Å². The summed E-state index contributed by atoms with van der Waals surface area (Å²) in [6.07, 6.45) is 3.12. The lowest BCUT2D eigenvalue weighted by atomic mass is 10.2. The van der Waals surface area contributed by atoms with Gasteiger partial charge in [-0.05, 0) is 24.3 Å². The summed E-state index contributed by atoms with van der Waals surface area (Å²) in [5.74, 6) is 0.487. The van der Waals surface area contributed by atoms with Crippen LogP contribution in [0.3, 0.4) is 0 Å². The van der Waals surface area contributed by atoms with Gasteiger partial charge in [-0.15, -0.1) is 0 Å². The quantitative estimate of drug-likeness (QED) is 0.377. The van der Waals surface area contributed by atoms with E-state index >= 15 is 0 Å². The van der Waals surface area contributed by atoms with E-state index in [0.29, 0.717) is 5.76 Å². The number of furan rings is 1. The molecule has 0 saturated carbocycles. The molecule has 0 spiro atoms. The molecular formula is C23H22N4O4S. The molecule has 3 heterocycles. The Morgan fingerprint density at radius 3 is 2.31 bits per heavy atom. The molecule has 5 aromatic rings. The Labute approximate surface area is 184 Å². The zero-order chi connectivity index (χ0) is 22.1. The summed E-state index contributed by atoms with van der Waals surface area (Å²) in [7, 11) is -3.88. The number of nitrogens with zero attached hydrogens (tertiary/aromatic N) is 3. The van der Waals surface area contributed by atoms with Gasteiger partial charge in [-0.2, -0.15) is 9.40 Å². The van der Waals surface area contributed by atoms with Gasteiger partial charge in [0.15, 0.2) is 0 Å². The van der Waals surface area contributed by atoms with Crippen LogP contribution in [0.5, 0.6) is 0 Å². The van der Waals surface area contributed by atoms with E-state index in [1.54, 1.807) is 12.1 Å². The lowest BCUT2D eigenvalue weighted by molar-refractivity contribution is 0.126. The summed E-state index contributed by atoms with van der Waals surface area (Å²) < 4.78 is 35.0. The summed E-state index contributed by atoms with van der Waals surface area (Å²) in [4.78, 5) is 0.0353. The molecule has 2 aromatic carbocycles. The Kier molecular flexibility index (Phi) is 5.30. The number of H-pyrrole nitrogens is 1. The molecule has 0 aliphatic rings. The van der Waals surface area contributed by atoms with Crippen LogP contribution >= 0.6 is 0 Å². The highest BCUT2D eigenvalue weighted by molar-refractivity contribution is 7.89. The van der Waals surface area contributed by atoms with Crippen LogP contribution in [0, 0.1) is 0 Å². The largest absolute Gasteiger partial charge is 0.468 e. The SMILES string of the molecule is O=S(=O)(c1cn[nH]c1)N(Cc1ccco1)CC(O)Cn1c2ccccc2c2ccccc21. The first-order valence-electron chi connectivity index (χ1n) is 10.2. The van der Waals surface area contributed by atoms with Gasteiger partial charge in [-0.1, -0.05) is 36.4 Å². The number of sulfonamides is 1. The number of para-hydroxylation sites is 2. The number of benzene rings is 2. The molecule has 32 heavy (non-hydrogen) atoms. The molecule has 9 heteroatoms. The minimum absolute atomic E-state index is 0.00471. The number of fused-ring (bicyclic) bond motifs is 3. The first-order valence-corrected chi connectivity index (χ1v) is 11.6. The van der Waals surface area contributed by atoms with Crippen LogP contribution in [0.25, 0.3) is 21.8 Å². The second-order valence-corrected chi connectivity index (χ2v) is 9.55. The van der Waals surface area contributed by atoms with Gasteiger partial charge < -0.3 is 14.1 Å². The predicted molar refractivity (Wildman–Crippen MR) is 120 cm³/mol. The Balaban J connectivity index is 1.47. The van der Waals surface area contributed by atoms with E-state index in [2.05, 4.69) is 10.2 Å². The maximum absolute atomic E-state index is 13.2. The number of nitrogens with one attached hydrogen (secondary N) is 1. The second-order valence-electron chi connectivity index (χ2n) is 7.61. The molecule has 2 N–H and O–H groups in total. The Bertz CT molecular complexity index is 1390. The van der Waals surface area contributed by atoms with E-state index < -0.39 is 16.1 Å². The molecule has 164 valence electrons. The van der Waals surface area contributed by atoms with Crippen molar-refractivity contribution in [3.63, 3.8) is 0 Å². The number of rotatable bonds is 8. The summed E-state index contributed by atoms with van der Waals surface area (Å²) >= 11 is 0. The highest BCUT2D eigenvalue weighted by atomic mass is 32.2. The van der Waals surface area contributed by atoms with Crippen molar-refractivity contribution in [2.45, 2.75) is 24.1 Å². The fraction of sp³-hybridized carbons (Fsp3) is 0.174. The normalized spacial score (nSPS) is 13.3. The third kappa shape index (κ3) is 3.70. The van der Waals surface area contributed by atoms with Gasteiger partial charge in [0.25, 0.3) is 0 Å². The Hall–Kier alpha value is -3.40. The topological polar surface area (TPSA) is 104 Å². The molecule has 1 unspecified atom stereocenters. The highest BCUT2D eigenvalue weighted by Gasteiger charge is 2.29. The minimum Gasteiger partial charge on any atom is -0.468 e. The zero-order valence-electron chi connectivity index (χ0n) is 17.1. The number of aromatic amines is 1. The van der Waals surface area contributed by atoms with Crippen molar-refractivity contribution in [1.82, 2.24) is 19.1 Å². The maximum atomic E-state index is 13.2. The average Bonchev–Trinajstić information content (AvgIpc) is 3.56. The minimum atomic E-state index is -3.88. The fourth-order valence-electron chi connectivity index (χ4n) is 4.06. The molecule has 8 nitrogen and oxygen atoms in total. The Morgan fingerprint density at radius 1 is 1.03 bits per heavy atom. The van der Waals surface area contributed by atoms with E-state index in [9.17, 15) is 13.5 Å². The van der Waals surface area contributed by atoms with Gasteiger partial charge in [0, 0.05) is 34.5 Å². The van der Waals surface area contributed by atoms with Crippen LogP contribution in [0.1, 0.15) is 5.76 Å². The zero-order valence-corrected chi connectivity index (χ0v) is 17.9. The second kappa shape index (κ2) is 8.27. The van der Waals surface area contributed by atoms with E-state index in [1.807, 2.05) is 53.1 Å². The standard InChI is InChI=1S/C23H22N4O4S/c28-17(15-27-22-9-3-1-7-20(22)21-8-2-4-10-23(21)27)14-26(16-18-6-5-11-31-18)32(29,30)19-12-24-25-13-19/h1-13,17,28H,14-16H2,(H,24,25). The lowest BCUT2D eigenvalue weighted by Gasteiger charge is -2.24. The van der Waals surface area contributed by atoms with Crippen molar-refractivity contribution in [2.24, 2.45) is 0 Å². The van der Waals surface area contributed by atoms with Crippen LogP contribution in [0.15, 0.2) is 88.6 Å². The third-order valence-electron chi connectivity index (χ3n) is 5.51. The van der Waals surface area contributed by atoms with Crippen molar-refractivity contribution in [3.8, 4) is 0 Å². The maximum Gasteiger partial charge on any atom is 0.246 e. The molecule has 5 rings (SSSR count). The van der Waals surface area contributed by atoms with Crippen molar-refractivity contribution in [2.75, 3.05) is 6.54 Å². The van der Waals surface area contributed by atoms with Crippen molar-refractivity contribution in [3.05, 3.63) is 85.1 Å². The number of aliphatic hydroxyl groups excluding tert-OH is 1. The van der Waals surface area contributed by atoms with Gasteiger partial charge in [-0.3, -0.25) is 5.10 Å². The summed E-state index contributed by atoms with van der Waals surface area (Å²) in [6.45, 7) is 0.142.